The third kappa shape index (κ3) is 4.15. The van der Waals surface area contributed by atoms with Crippen LogP contribution in [-0.4, -0.2) is 17.7 Å². The van der Waals surface area contributed by atoms with Gasteiger partial charge in [0.25, 0.3) is 0 Å². The van der Waals surface area contributed by atoms with Crippen molar-refractivity contribution in [3.05, 3.63) is 47.6 Å². The molecule has 0 amide bonds. The number of carboxylic acids is 1. The molecule has 1 rings (SSSR count). The summed E-state index contributed by atoms with van der Waals surface area (Å²) >= 11 is 0. The first-order valence-corrected chi connectivity index (χ1v) is 5.39. The predicted molar refractivity (Wildman–Crippen MR) is 68.2 cm³/mol. The Morgan fingerprint density at radius 2 is 2.24 bits per heavy atom. The molecule has 0 fully saturated rings. The van der Waals surface area contributed by atoms with Crippen LogP contribution in [0.15, 0.2) is 36.4 Å². The molecule has 0 spiro atoms. The third-order valence-electron chi connectivity index (χ3n) is 2.21. The molecular formula is C14H16O3. The van der Waals surface area contributed by atoms with Crippen LogP contribution in [0.3, 0.4) is 0 Å². The quantitative estimate of drug-likeness (QED) is 0.627. The molecule has 0 aromatic heterocycles. The van der Waals surface area contributed by atoms with Crippen molar-refractivity contribution >= 4 is 12.0 Å². The van der Waals surface area contributed by atoms with Crippen molar-refractivity contribution in [1.82, 2.24) is 0 Å². The van der Waals surface area contributed by atoms with Crippen LogP contribution in [0.25, 0.3) is 6.08 Å². The standard InChI is InChI=1S/C14H16O3/c1-3-4-10-17-14-11(2)6-5-7-12(14)8-9-13(15)16/h3-9H,10H2,1-2H3,(H,15,16)/b4-3+,9-8+. The van der Waals surface area contributed by atoms with E-state index >= 15 is 0 Å². The number of aryl methyl sites for hydroxylation is 1. The van der Waals surface area contributed by atoms with E-state index in [0.717, 1.165) is 23.0 Å². The molecule has 0 atom stereocenters. The molecular weight excluding hydrogens is 216 g/mol. The number of benzene rings is 1. The van der Waals surface area contributed by atoms with E-state index in [2.05, 4.69) is 0 Å². The molecule has 3 heteroatoms. The van der Waals surface area contributed by atoms with Crippen LogP contribution < -0.4 is 4.74 Å². The predicted octanol–water partition coefficient (Wildman–Crippen LogP) is 3.05. The minimum Gasteiger partial charge on any atom is -0.489 e. The maximum Gasteiger partial charge on any atom is 0.328 e. The Morgan fingerprint density at radius 3 is 2.88 bits per heavy atom. The first kappa shape index (κ1) is 13.0. The molecule has 0 radical (unpaired) electrons. The number of aliphatic carboxylic acids is 1. The van der Waals surface area contributed by atoms with Crippen molar-refractivity contribution in [2.24, 2.45) is 0 Å². The summed E-state index contributed by atoms with van der Waals surface area (Å²) in [5.74, 6) is -0.242. The van der Waals surface area contributed by atoms with E-state index in [4.69, 9.17) is 9.84 Å². The van der Waals surface area contributed by atoms with E-state index in [1.165, 1.54) is 0 Å². The number of carboxylic acid groups (broad SMARTS) is 1. The van der Waals surface area contributed by atoms with Gasteiger partial charge < -0.3 is 9.84 Å². The number of ether oxygens (including phenoxy) is 1. The van der Waals surface area contributed by atoms with E-state index in [1.54, 1.807) is 6.08 Å². The summed E-state index contributed by atoms with van der Waals surface area (Å²) in [7, 11) is 0. The average Bonchev–Trinajstić information content (AvgIpc) is 2.29. The van der Waals surface area contributed by atoms with Gasteiger partial charge in [-0.2, -0.15) is 0 Å². The van der Waals surface area contributed by atoms with Crippen molar-refractivity contribution in [1.29, 1.82) is 0 Å². The number of hydrogen-bond donors (Lipinski definition) is 1. The maximum atomic E-state index is 10.5. The Balaban J connectivity index is 2.95. The third-order valence-corrected chi connectivity index (χ3v) is 2.21. The molecule has 1 aromatic rings. The highest BCUT2D eigenvalue weighted by Gasteiger charge is 2.04. The summed E-state index contributed by atoms with van der Waals surface area (Å²) < 4.78 is 5.61. The van der Waals surface area contributed by atoms with Crippen molar-refractivity contribution in [2.45, 2.75) is 13.8 Å². The molecule has 0 aliphatic carbocycles. The lowest BCUT2D eigenvalue weighted by Gasteiger charge is -2.10. The Bertz CT molecular complexity index is 445. The molecule has 1 aromatic carbocycles. The molecule has 0 bridgehead atoms. The second kappa shape index (κ2) is 6.53. The summed E-state index contributed by atoms with van der Waals surface area (Å²) in [6, 6.07) is 5.64. The van der Waals surface area contributed by atoms with Crippen LogP contribution >= 0.6 is 0 Å². The normalized spacial score (nSPS) is 11.2. The minimum absolute atomic E-state index is 0.481. The Kier molecular flexibility index (Phi) is 5.01. The molecule has 0 aliphatic heterocycles. The van der Waals surface area contributed by atoms with Gasteiger partial charge in [-0.3, -0.25) is 0 Å². The van der Waals surface area contributed by atoms with Gasteiger partial charge in [-0.1, -0.05) is 30.4 Å². The van der Waals surface area contributed by atoms with Crippen LogP contribution in [-0.2, 0) is 4.79 Å². The van der Waals surface area contributed by atoms with Gasteiger partial charge in [0.2, 0.25) is 0 Å². The molecule has 3 nitrogen and oxygen atoms in total. The molecule has 0 unspecified atom stereocenters. The fraction of sp³-hybridized carbons (Fsp3) is 0.214. The number of carbonyl (C=O) groups is 1. The van der Waals surface area contributed by atoms with Crippen LogP contribution in [0.1, 0.15) is 18.1 Å². The highest BCUT2D eigenvalue weighted by Crippen LogP contribution is 2.24. The Labute approximate surface area is 101 Å². The number of allylic oxidation sites excluding steroid dienone is 1. The van der Waals surface area contributed by atoms with E-state index in [-0.39, 0.29) is 0 Å². The number of rotatable bonds is 5. The van der Waals surface area contributed by atoms with Gasteiger partial charge in [0.05, 0.1) is 0 Å². The molecule has 1 N–H and O–H groups in total. The largest absolute Gasteiger partial charge is 0.489 e. The van der Waals surface area contributed by atoms with Gasteiger partial charge in [-0.25, -0.2) is 4.79 Å². The van der Waals surface area contributed by atoms with Crippen LogP contribution in [0.4, 0.5) is 0 Å². The van der Waals surface area contributed by atoms with E-state index in [1.807, 2.05) is 44.2 Å². The first-order valence-electron chi connectivity index (χ1n) is 5.39. The number of hydrogen-bond acceptors (Lipinski definition) is 2. The summed E-state index contributed by atoms with van der Waals surface area (Å²) in [4.78, 5) is 10.5. The summed E-state index contributed by atoms with van der Waals surface area (Å²) in [5.41, 5.74) is 1.76. The second-order valence-electron chi connectivity index (χ2n) is 3.54. The monoisotopic (exact) mass is 232 g/mol. The van der Waals surface area contributed by atoms with Gasteiger partial charge in [-0.05, 0) is 25.5 Å². The summed E-state index contributed by atoms with van der Waals surface area (Å²) in [6.07, 6.45) is 6.46. The lowest BCUT2D eigenvalue weighted by molar-refractivity contribution is -0.131. The highest BCUT2D eigenvalue weighted by atomic mass is 16.5. The van der Waals surface area contributed by atoms with E-state index in [9.17, 15) is 4.79 Å². The summed E-state index contributed by atoms with van der Waals surface area (Å²) in [5, 5.41) is 8.61. The maximum absolute atomic E-state index is 10.5. The molecule has 0 aliphatic rings. The van der Waals surface area contributed by atoms with Crippen LogP contribution in [0.2, 0.25) is 0 Å². The average molecular weight is 232 g/mol. The highest BCUT2D eigenvalue weighted by molar-refractivity contribution is 5.86. The van der Waals surface area contributed by atoms with Gasteiger partial charge in [0.1, 0.15) is 12.4 Å². The van der Waals surface area contributed by atoms with Gasteiger partial charge >= 0.3 is 5.97 Å². The lowest BCUT2D eigenvalue weighted by atomic mass is 10.1. The zero-order valence-electron chi connectivity index (χ0n) is 10.0. The lowest BCUT2D eigenvalue weighted by Crippen LogP contribution is -1.98. The molecule has 17 heavy (non-hydrogen) atoms. The SMILES string of the molecule is C/C=C/COc1c(C)cccc1/C=C/C(=O)O. The van der Waals surface area contributed by atoms with Crippen molar-refractivity contribution in [3.63, 3.8) is 0 Å². The van der Waals surface area contributed by atoms with Gasteiger partial charge in [0.15, 0.2) is 0 Å². The van der Waals surface area contributed by atoms with Crippen molar-refractivity contribution in [2.75, 3.05) is 6.61 Å². The fourth-order valence-corrected chi connectivity index (χ4v) is 1.39. The Hall–Kier alpha value is -2.03. The Morgan fingerprint density at radius 1 is 1.47 bits per heavy atom. The van der Waals surface area contributed by atoms with Crippen LogP contribution in [0.5, 0.6) is 5.75 Å². The zero-order chi connectivity index (χ0) is 12.7. The minimum atomic E-state index is -0.967. The smallest absolute Gasteiger partial charge is 0.328 e. The van der Waals surface area contributed by atoms with Crippen molar-refractivity contribution < 1.29 is 14.6 Å². The van der Waals surface area contributed by atoms with Crippen molar-refractivity contribution in [3.8, 4) is 5.75 Å². The van der Waals surface area contributed by atoms with Gasteiger partial charge in [0, 0.05) is 11.6 Å². The number of para-hydroxylation sites is 1. The van der Waals surface area contributed by atoms with Crippen LogP contribution in [0, 0.1) is 6.92 Å². The van der Waals surface area contributed by atoms with Gasteiger partial charge in [-0.15, -0.1) is 0 Å². The summed E-state index contributed by atoms with van der Waals surface area (Å²) in [6.45, 7) is 4.34. The van der Waals surface area contributed by atoms with E-state index < -0.39 is 5.97 Å². The topological polar surface area (TPSA) is 46.5 Å². The van der Waals surface area contributed by atoms with E-state index in [0.29, 0.717) is 6.61 Å². The zero-order valence-corrected chi connectivity index (χ0v) is 10.0. The second-order valence-corrected chi connectivity index (χ2v) is 3.54. The molecule has 0 saturated heterocycles. The molecule has 90 valence electrons. The molecule has 0 heterocycles. The molecule has 0 saturated carbocycles. The fourth-order valence-electron chi connectivity index (χ4n) is 1.39. The first-order chi connectivity index (χ1) is 8.15.